The van der Waals surface area contributed by atoms with Crippen LogP contribution >= 0.6 is 0 Å². The lowest BCUT2D eigenvalue weighted by molar-refractivity contribution is -0.133. The Morgan fingerprint density at radius 3 is 2.45 bits per heavy atom. The number of aliphatic hydroxyl groups is 1. The molecule has 0 unspecified atom stereocenters. The van der Waals surface area contributed by atoms with Crippen molar-refractivity contribution in [3.8, 4) is 0 Å². The molecule has 0 bridgehead atoms. The van der Waals surface area contributed by atoms with Crippen LogP contribution in [0.25, 0.3) is 0 Å². The summed E-state index contributed by atoms with van der Waals surface area (Å²) in [5.74, 6) is 0.260. The minimum atomic E-state index is -0.166. The number of piperazine rings is 1. The van der Waals surface area contributed by atoms with Crippen molar-refractivity contribution in [1.82, 2.24) is 9.80 Å². The summed E-state index contributed by atoms with van der Waals surface area (Å²) in [7, 11) is 0. The van der Waals surface area contributed by atoms with Crippen LogP contribution in [-0.4, -0.2) is 59.1 Å². The van der Waals surface area contributed by atoms with Crippen LogP contribution < -0.4 is 0 Å². The van der Waals surface area contributed by atoms with Gasteiger partial charge in [0.15, 0.2) is 0 Å². The van der Waals surface area contributed by atoms with Crippen LogP contribution in [0.15, 0.2) is 30.3 Å². The lowest BCUT2D eigenvalue weighted by Crippen LogP contribution is -2.53. The van der Waals surface area contributed by atoms with Crippen LogP contribution in [0, 0.1) is 0 Å². The van der Waals surface area contributed by atoms with Gasteiger partial charge in [-0.15, -0.1) is 0 Å². The van der Waals surface area contributed by atoms with E-state index in [1.54, 1.807) is 0 Å². The van der Waals surface area contributed by atoms with Crippen LogP contribution in [-0.2, 0) is 11.2 Å². The minimum Gasteiger partial charge on any atom is -0.391 e. The number of hydrogen-bond acceptors (Lipinski definition) is 3. The van der Waals surface area contributed by atoms with Gasteiger partial charge in [0.25, 0.3) is 0 Å². The third-order valence-corrected chi connectivity index (χ3v) is 5.05. The van der Waals surface area contributed by atoms with Gasteiger partial charge < -0.3 is 10.0 Å². The van der Waals surface area contributed by atoms with Gasteiger partial charge in [0.05, 0.1) is 6.10 Å². The Labute approximate surface area is 132 Å². The molecule has 2 atom stereocenters. The number of amides is 1. The number of nitrogens with zero attached hydrogens (tertiary/aromatic N) is 2. The summed E-state index contributed by atoms with van der Waals surface area (Å²) in [5.41, 5.74) is 1.23. The fourth-order valence-electron chi connectivity index (χ4n) is 3.70. The van der Waals surface area contributed by atoms with E-state index in [4.69, 9.17) is 0 Å². The second-order valence-corrected chi connectivity index (χ2v) is 6.47. The summed E-state index contributed by atoms with van der Waals surface area (Å²) < 4.78 is 0. The van der Waals surface area contributed by atoms with Gasteiger partial charge in [0, 0.05) is 38.6 Å². The predicted octanol–water partition coefficient (Wildman–Crippen LogP) is 1.68. The van der Waals surface area contributed by atoms with Gasteiger partial charge >= 0.3 is 0 Å². The van der Waals surface area contributed by atoms with Crippen LogP contribution in [0.4, 0.5) is 0 Å². The van der Waals surface area contributed by atoms with Crippen molar-refractivity contribution in [2.75, 3.05) is 26.2 Å². The van der Waals surface area contributed by atoms with Gasteiger partial charge in [0.1, 0.15) is 0 Å². The van der Waals surface area contributed by atoms with Crippen molar-refractivity contribution in [3.63, 3.8) is 0 Å². The molecule has 4 nitrogen and oxygen atoms in total. The number of aliphatic hydroxyl groups excluding tert-OH is 1. The molecule has 1 aromatic carbocycles. The first kappa shape index (κ1) is 15.5. The summed E-state index contributed by atoms with van der Waals surface area (Å²) >= 11 is 0. The Kier molecular flexibility index (Phi) is 5.11. The molecule has 1 aliphatic heterocycles. The zero-order valence-electron chi connectivity index (χ0n) is 13.2. The summed E-state index contributed by atoms with van der Waals surface area (Å²) in [5, 5.41) is 10.0. The number of carbonyl (C=O) groups excluding carboxylic acids is 1. The van der Waals surface area contributed by atoms with E-state index in [0.29, 0.717) is 12.5 Å². The average molecular weight is 302 g/mol. The molecule has 120 valence electrons. The number of rotatable bonds is 4. The Morgan fingerprint density at radius 1 is 1.09 bits per heavy atom. The first-order valence-electron chi connectivity index (χ1n) is 8.48. The largest absolute Gasteiger partial charge is 0.391 e. The number of aryl methyl sites for hydroxylation is 1. The van der Waals surface area contributed by atoms with Crippen molar-refractivity contribution in [2.24, 2.45) is 0 Å². The molecule has 0 spiro atoms. The molecule has 1 aliphatic carbocycles. The van der Waals surface area contributed by atoms with Gasteiger partial charge in [-0.3, -0.25) is 9.69 Å². The first-order chi connectivity index (χ1) is 10.7. The highest BCUT2D eigenvalue weighted by molar-refractivity contribution is 5.76. The molecule has 1 N–H and O–H groups in total. The monoisotopic (exact) mass is 302 g/mol. The maximum atomic E-state index is 12.3. The van der Waals surface area contributed by atoms with Crippen LogP contribution in [0.3, 0.4) is 0 Å². The van der Waals surface area contributed by atoms with Gasteiger partial charge in [-0.1, -0.05) is 30.3 Å². The maximum absolute atomic E-state index is 12.3. The topological polar surface area (TPSA) is 43.8 Å². The molecule has 1 saturated heterocycles. The van der Waals surface area contributed by atoms with Crippen LogP contribution in [0.2, 0.25) is 0 Å². The van der Waals surface area contributed by atoms with E-state index < -0.39 is 0 Å². The molecule has 0 aromatic heterocycles. The zero-order valence-corrected chi connectivity index (χ0v) is 13.2. The predicted molar refractivity (Wildman–Crippen MR) is 86.6 cm³/mol. The third kappa shape index (κ3) is 3.68. The molecule has 0 radical (unpaired) electrons. The Morgan fingerprint density at radius 2 is 1.82 bits per heavy atom. The van der Waals surface area contributed by atoms with Crippen LogP contribution in [0.5, 0.6) is 0 Å². The summed E-state index contributed by atoms with van der Waals surface area (Å²) in [4.78, 5) is 16.7. The van der Waals surface area contributed by atoms with Gasteiger partial charge in [-0.25, -0.2) is 0 Å². The average Bonchev–Trinajstić information content (AvgIpc) is 3.00. The van der Waals surface area contributed by atoms with Crippen LogP contribution in [0.1, 0.15) is 31.2 Å². The van der Waals surface area contributed by atoms with E-state index in [0.717, 1.165) is 51.9 Å². The first-order valence-corrected chi connectivity index (χ1v) is 8.48. The highest BCUT2D eigenvalue weighted by atomic mass is 16.3. The Hall–Kier alpha value is -1.39. The van der Waals surface area contributed by atoms with Gasteiger partial charge in [-0.05, 0) is 31.2 Å². The summed E-state index contributed by atoms with van der Waals surface area (Å²) in [6.07, 6.45) is 4.41. The molecule has 2 aliphatic rings. The quantitative estimate of drug-likeness (QED) is 0.920. The molecule has 4 heteroatoms. The molecule has 2 fully saturated rings. The van der Waals surface area contributed by atoms with E-state index in [1.165, 1.54) is 5.56 Å². The maximum Gasteiger partial charge on any atom is 0.222 e. The number of carbonyl (C=O) groups is 1. The fourth-order valence-corrected chi connectivity index (χ4v) is 3.70. The molecule has 1 amide bonds. The molecule has 22 heavy (non-hydrogen) atoms. The molecule has 3 rings (SSSR count). The second kappa shape index (κ2) is 7.25. The SMILES string of the molecule is O=C(CCc1ccccc1)N1CCN([C@@H]2CCC[C@@H]2O)CC1. The molecular formula is C18H26N2O2. The molecule has 1 aromatic rings. The Balaban J connectivity index is 1.44. The Bertz CT molecular complexity index is 483. The van der Waals surface area contributed by atoms with E-state index >= 15 is 0 Å². The molecular weight excluding hydrogens is 276 g/mol. The van der Waals surface area contributed by atoms with Gasteiger partial charge in [-0.2, -0.15) is 0 Å². The summed E-state index contributed by atoms with van der Waals surface area (Å²) in [6, 6.07) is 10.5. The number of benzene rings is 1. The van der Waals surface area contributed by atoms with Crippen molar-refractivity contribution < 1.29 is 9.90 Å². The fraction of sp³-hybridized carbons (Fsp3) is 0.611. The van der Waals surface area contributed by atoms with E-state index in [9.17, 15) is 9.90 Å². The third-order valence-electron chi connectivity index (χ3n) is 5.05. The standard InChI is InChI=1S/C18H26N2O2/c21-17-8-4-7-16(17)19-11-13-20(14-12-19)18(22)10-9-15-5-2-1-3-6-15/h1-3,5-6,16-17,21H,4,7-14H2/t16-,17+/m1/s1. The molecule has 1 heterocycles. The van der Waals surface area contributed by atoms with Crippen molar-refractivity contribution in [3.05, 3.63) is 35.9 Å². The van der Waals surface area contributed by atoms with E-state index in [2.05, 4.69) is 17.0 Å². The van der Waals surface area contributed by atoms with Crippen molar-refractivity contribution in [2.45, 2.75) is 44.2 Å². The second-order valence-electron chi connectivity index (χ2n) is 6.47. The smallest absolute Gasteiger partial charge is 0.222 e. The summed E-state index contributed by atoms with van der Waals surface area (Å²) in [6.45, 7) is 3.41. The van der Waals surface area contributed by atoms with E-state index in [1.807, 2.05) is 23.1 Å². The minimum absolute atomic E-state index is 0.166. The molecule has 1 saturated carbocycles. The van der Waals surface area contributed by atoms with Crippen molar-refractivity contribution in [1.29, 1.82) is 0 Å². The normalized spacial score (nSPS) is 26.3. The lowest BCUT2D eigenvalue weighted by Gasteiger charge is -2.39. The van der Waals surface area contributed by atoms with Gasteiger partial charge in [0.2, 0.25) is 5.91 Å². The van der Waals surface area contributed by atoms with Crippen molar-refractivity contribution >= 4 is 5.91 Å². The zero-order chi connectivity index (χ0) is 15.4. The highest BCUT2D eigenvalue weighted by Gasteiger charge is 2.33. The highest BCUT2D eigenvalue weighted by Crippen LogP contribution is 2.25. The number of hydrogen-bond donors (Lipinski definition) is 1. The lowest BCUT2D eigenvalue weighted by atomic mass is 10.1. The van der Waals surface area contributed by atoms with E-state index in [-0.39, 0.29) is 12.0 Å².